The quantitative estimate of drug-likeness (QED) is 0.341. The van der Waals surface area contributed by atoms with Crippen molar-refractivity contribution in [2.45, 2.75) is 70.8 Å². The van der Waals surface area contributed by atoms with Crippen LogP contribution in [-0.2, 0) is 22.4 Å². The number of amides is 2. The first-order valence-corrected chi connectivity index (χ1v) is 15.1. The number of nitrogens with zero attached hydrogens (tertiary/aromatic N) is 4. The number of para-hydroxylation sites is 1. The second-order valence-corrected chi connectivity index (χ2v) is 11.1. The first-order valence-electron chi connectivity index (χ1n) is 15.1. The fourth-order valence-corrected chi connectivity index (χ4v) is 5.20. The van der Waals surface area contributed by atoms with Crippen LogP contribution in [0.4, 0.5) is 0 Å². The molecule has 0 bridgehead atoms. The third kappa shape index (κ3) is 8.89. The highest BCUT2D eigenvalue weighted by molar-refractivity contribution is 5.97. The molecular weight excluding hydrogens is 532 g/mol. The summed E-state index contributed by atoms with van der Waals surface area (Å²) in [6, 6.07) is 17.3. The average Bonchev–Trinajstić information content (AvgIpc) is 3.49. The molecule has 0 radical (unpaired) electrons. The average molecular weight is 577 g/mol. The van der Waals surface area contributed by atoms with Gasteiger partial charge in [0.05, 0.1) is 18.2 Å². The molecule has 1 aliphatic rings. The minimum atomic E-state index is -0.218. The lowest BCUT2D eigenvalue weighted by molar-refractivity contribution is -0.134. The Morgan fingerprint density at radius 2 is 1.76 bits per heavy atom. The van der Waals surface area contributed by atoms with Crippen molar-refractivity contribution >= 4 is 11.8 Å². The first-order chi connectivity index (χ1) is 20.5. The van der Waals surface area contributed by atoms with Gasteiger partial charge in [0.1, 0.15) is 12.4 Å². The molecule has 2 aromatic carbocycles. The van der Waals surface area contributed by atoms with Crippen molar-refractivity contribution in [3.63, 3.8) is 0 Å². The van der Waals surface area contributed by atoms with Crippen molar-refractivity contribution in [2.24, 2.45) is 0 Å². The fraction of sp³-hybridized carbons (Fsp3) is 0.515. The summed E-state index contributed by atoms with van der Waals surface area (Å²) in [5.74, 6) is 1.80. The predicted octanol–water partition coefficient (Wildman–Crippen LogP) is 5.31. The van der Waals surface area contributed by atoms with E-state index in [9.17, 15) is 9.59 Å². The Hall–Kier alpha value is -3.72. The molecule has 0 aliphatic carbocycles. The fourth-order valence-electron chi connectivity index (χ4n) is 5.20. The van der Waals surface area contributed by atoms with Gasteiger partial charge in [0.2, 0.25) is 11.8 Å². The zero-order valence-electron chi connectivity index (χ0n) is 25.2. The molecule has 2 amide bonds. The molecule has 0 unspecified atom stereocenters. The van der Waals surface area contributed by atoms with Crippen molar-refractivity contribution < 1.29 is 23.6 Å². The summed E-state index contributed by atoms with van der Waals surface area (Å²) in [4.78, 5) is 35.7. The van der Waals surface area contributed by atoms with Crippen LogP contribution in [-0.4, -0.2) is 77.8 Å². The van der Waals surface area contributed by atoms with E-state index in [2.05, 4.69) is 22.3 Å². The first kappa shape index (κ1) is 31.2. The van der Waals surface area contributed by atoms with Gasteiger partial charge in [-0.2, -0.15) is 4.98 Å². The van der Waals surface area contributed by atoms with E-state index in [-0.39, 0.29) is 36.8 Å². The molecule has 42 heavy (non-hydrogen) atoms. The summed E-state index contributed by atoms with van der Waals surface area (Å²) in [7, 11) is 1.65. The van der Waals surface area contributed by atoms with E-state index in [1.165, 1.54) is 0 Å². The summed E-state index contributed by atoms with van der Waals surface area (Å²) < 4.78 is 17.1. The molecule has 226 valence electrons. The molecule has 1 atom stereocenters. The van der Waals surface area contributed by atoms with Gasteiger partial charge in [-0.3, -0.25) is 9.59 Å². The summed E-state index contributed by atoms with van der Waals surface area (Å²) in [6.07, 6.45) is 5.00. The summed E-state index contributed by atoms with van der Waals surface area (Å²) >= 11 is 0. The van der Waals surface area contributed by atoms with Crippen LogP contribution >= 0.6 is 0 Å². The third-order valence-corrected chi connectivity index (χ3v) is 7.61. The Kier molecular flexibility index (Phi) is 11.9. The number of methoxy groups -OCH3 is 1. The third-order valence-electron chi connectivity index (χ3n) is 7.61. The lowest BCUT2D eigenvalue weighted by atomic mass is 10.0. The summed E-state index contributed by atoms with van der Waals surface area (Å²) in [5, 5.41) is 4.04. The van der Waals surface area contributed by atoms with Gasteiger partial charge in [-0.1, -0.05) is 74.3 Å². The monoisotopic (exact) mass is 576 g/mol. The number of fused-ring (bicyclic) bond motifs is 1. The minimum Gasteiger partial charge on any atom is -0.491 e. The highest BCUT2D eigenvalue weighted by Gasteiger charge is 2.27. The molecule has 1 aliphatic heterocycles. The molecule has 1 aromatic heterocycles. The second-order valence-electron chi connectivity index (χ2n) is 11.1. The molecule has 2 heterocycles. The summed E-state index contributed by atoms with van der Waals surface area (Å²) in [5.41, 5.74) is 1.65. The Morgan fingerprint density at radius 1 is 1.02 bits per heavy atom. The van der Waals surface area contributed by atoms with E-state index in [4.69, 9.17) is 14.0 Å². The van der Waals surface area contributed by atoms with Gasteiger partial charge in [0.25, 0.3) is 5.91 Å². The molecule has 0 saturated carbocycles. The highest BCUT2D eigenvalue weighted by atomic mass is 16.5. The lowest BCUT2D eigenvalue weighted by Crippen LogP contribution is -2.46. The normalized spacial score (nSPS) is 17.0. The number of carbonyl (C=O) groups is 2. The number of rotatable bonds is 9. The Morgan fingerprint density at radius 3 is 2.50 bits per heavy atom. The van der Waals surface area contributed by atoms with E-state index < -0.39 is 0 Å². The van der Waals surface area contributed by atoms with Crippen molar-refractivity contribution in [3.8, 4) is 5.75 Å². The highest BCUT2D eigenvalue weighted by Crippen LogP contribution is 2.23. The molecule has 9 heteroatoms. The van der Waals surface area contributed by atoms with Gasteiger partial charge in [-0.05, 0) is 37.0 Å². The topological polar surface area (TPSA) is 98.0 Å². The number of carbonyl (C=O) groups excluding carboxylic acids is 2. The van der Waals surface area contributed by atoms with E-state index in [0.29, 0.717) is 62.1 Å². The van der Waals surface area contributed by atoms with Crippen LogP contribution in [0.25, 0.3) is 0 Å². The molecule has 9 nitrogen and oxygen atoms in total. The van der Waals surface area contributed by atoms with Crippen LogP contribution in [0.2, 0.25) is 0 Å². The number of aryl methyl sites for hydroxylation is 1. The molecule has 0 N–H and O–H groups in total. The van der Waals surface area contributed by atoms with Crippen LogP contribution < -0.4 is 4.74 Å². The minimum absolute atomic E-state index is 0.0334. The van der Waals surface area contributed by atoms with Gasteiger partial charge in [0.15, 0.2) is 5.82 Å². The standard InChI is InChI=1S/C33H44N4O5/c1-25(2)32-34-30(42-35-32)17-18-31(38)37-20-12-5-4-11-19-36(21-22-40-3)33(39)28-15-9-10-16-29(28)41-24-27(37)23-26-13-7-6-8-14-26/h6-10,13-16,25,27H,4-5,11-12,17-24H2,1-3H3/t27-/m0/s1. The van der Waals surface area contributed by atoms with Gasteiger partial charge in [-0.15, -0.1) is 0 Å². The molecule has 0 fully saturated rings. The van der Waals surface area contributed by atoms with E-state index in [1.807, 2.05) is 66.1 Å². The van der Waals surface area contributed by atoms with Gasteiger partial charge in [0, 0.05) is 45.5 Å². The number of ether oxygens (including phenoxy) is 2. The maximum atomic E-state index is 13.8. The van der Waals surface area contributed by atoms with Crippen LogP contribution in [0.5, 0.6) is 5.75 Å². The van der Waals surface area contributed by atoms with E-state index in [1.54, 1.807) is 7.11 Å². The van der Waals surface area contributed by atoms with Crippen LogP contribution in [0, 0.1) is 0 Å². The van der Waals surface area contributed by atoms with Crippen LogP contribution in [0.1, 0.15) is 79.5 Å². The SMILES string of the molecule is COCCN1CCCCCCN(C(=O)CCc2nc(C(C)C)no2)[C@@H](Cc2ccccc2)COc2ccccc2C1=O. The van der Waals surface area contributed by atoms with E-state index >= 15 is 0 Å². The van der Waals surface area contributed by atoms with Crippen molar-refractivity contribution in [1.29, 1.82) is 0 Å². The Bertz CT molecular complexity index is 1260. The number of hydrogen-bond acceptors (Lipinski definition) is 7. The molecule has 4 rings (SSSR count). The zero-order chi connectivity index (χ0) is 29.7. The Balaban J connectivity index is 1.58. The van der Waals surface area contributed by atoms with Crippen molar-refractivity contribution in [1.82, 2.24) is 19.9 Å². The Labute approximate surface area is 249 Å². The van der Waals surface area contributed by atoms with E-state index in [0.717, 1.165) is 31.2 Å². The van der Waals surface area contributed by atoms with Crippen LogP contribution in [0.15, 0.2) is 59.1 Å². The molecular formula is C33H44N4O5. The summed E-state index contributed by atoms with van der Waals surface area (Å²) in [6.45, 7) is 6.58. The second kappa shape index (κ2) is 16.1. The van der Waals surface area contributed by atoms with Crippen LogP contribution in [0.3, 0.4) is 0 Å². The maximum absolute atomic E-state index is 13.8. The predicted molar refractivity (Wildman–Crippen MR) is 161 cm³/mol. The van der Waals surface area contributed by atoms with Gasteiger partial charge < -0.3 is 23.8 Å². The number of hydrogen-bond donors (Lipinski definition) is 0. The zero-order valence-corrected chi connectivity index (χ0v) is 25.2. The largest absolute Gasteiger partial charge is 0.491 e. The maximum Gasteiger partial charge on any atom is 0.257 e. The van der Waals surface area contributed by atoms with Gasteiger partial charge in [-0.25, -0.2) is 0 Å². The number of benzene rings is 2. The van der Waals surface area contributed by atoms with Crippen molar-refractivity contribution in [3.05, 3.63) is 77.4 Å². The van der Waals surface area contributed by atoms with Crippen molar-refractivity contribution in [2.75, 3.05) is 40.0 Å². The molecule has 0 saturated heterocycles. The smallest absolute Gasteiger partial charge is 0.257 e. The van der Waals surface area contributed by atoms with Gasteiger partial charge >= 0.3 is 0 Å². The lowest BCUT2D eigenvalue weighted by Gasteiger charge is -2.33. The number of aromatic nitrogens is 2. The molecule has 3 aromatic rings. The molecule has 0 spiro atoms.